The highest BCUT2D eigenvalue weighted by Crippen LogP contribution is 2.31. The number of pyridine rings is 1. The molecule has 0 radical (unpaired) electrons. The van der Waals surface area contributed by atoms with Gasteiger partial charge >= 0.3 is 0 Å². The maximum atomic E-state index is 6.07. The summed E-state index contributed by atoms with van der Waals surface area (Å²) in [4.78, 5) is 6.62. The Labute approximate surface area is 147 Å². The summed E-state index contributed by atoms with van der Waals surface area (Å²) < 4.78 is 2.51. The molecule has 1 aliphatic heterocycles. The van der Waals surface area contributed by atoms with Crippen molar-refractivity contribution in [3.63, 3.8) is 0 Å². The van der Waals surface area contributed by atoms with Crippen molar-refractivity contribution in [2.45, 2.75) is 32.9 Å². The summed E-state index contributed by atoms with van der Waals surface area (Å²) in [5, 5.41) is 2.13. The molecule has 24 heavy (non-hydrogen) atoms. The summed E-state index contributed by atoms with van der Waals surface area (Å²) in [6.07, 6.45) is 5.68. The number of halogens is 1. The largest absolute Gasteiger partial charge is 0.344 e. The van der Waals surface area contributed by atoms with Gasteiger partial charge in [-0.2, -0.15) is 0 Å². The zero-order chi connectivity index (χ0) is 16.7. The maximum absolute atomic E-state index is 6.07. The van der Waals surface area contributed by atoms with Gasteiger partial charge in [-0.1, -0.05) is 23.2 Å². The Morgan fingerprint density at radius 1 is 1.21 bits per heavy atom. The standard InChI is InChI=1S/C20H22ClN3/c1-14-3-4-19-17(9-14)18-13-23(2)7-6-20(18)24(19)8-5-15-10-16(21)12-22-11-15/h3-4,9-12H,5-8,13H2,1-2H3. The smallest absolute Gasteiger partial charge is 0.0592 e. The van der Waals surface area contributed by atoms with Crippen molar-refractivity contribution >= 4 is 22.5 Å². The van der Waals surface area contributed by atoms with Crippen LogP contribution in [-0.4, -0.2) is 28.0 Å². The normalized spacial score (nSPS) is 15.0. The number of benzene rings is 1. The summed E-state index contributed by atoms with van der Waals surface area (Å²) in [6.45, 7) is 5.32. The lowest BCUT2D eigenvalue weighted by atomic mass is 10.0. The predicted molar refractivity (Wildman–Crippen MR) is 99.7 cm³/mol. The first-order valence-corrected chi connectivity index (χ1v) is 8.88. The molecule has 0 amide bonds. The van der Waals surface area contributed by atoms with Crippen molar-refractivity contribution in [3.05, 3.63) is 64.1 Å². The van der Waals surface area contributed by atoms with Gasteiger partial charge in [0.05, 0.1) is 5.02 Å². The van der Waals surface area contributed by atoms with Crippen molar-refractivity contribution in [1.82, 2.24) is 14.5 Å². The minimum atomic E-state index is 0.712. The lowest BCUT2D eigenvalue weighted by Crippen LogP contribution is -2.27. The number of nitrogens with zero attached hydrogens (tertiary/aromatic N) is 3. The Bertz CT molecular complexity index is 897. The molecule has 0 unspecified atom stereocenters. The number of hydrogen-bond acceptors (Lipinski definition) is 2. The maximum Gasteiger partial charge on any atom is 0.0592 e. The molecule has 3 heterocycles. The van der Waals surface area contributed by atoms with Crippen molar-refractivity contribution in [2.75, 3.05) is 13.6 Å². The minimum absolute atomic E-state index is 0.712. The molecule has 1 aliphatic rings. The molecule has 0 aliphatic carbocycles. The predicted octanol–water partition coefficient (Wildman–Crippen LogP) is 4.23. The monoisotopic (exact) mass is 339 g/mol. The second-order valence-corrected chi connectivity index (χ2v) is 7.28. The van der Waals surface area contributed by atoms with Gasteiger partial charge in [0.25, 0.3) is 0 Å². The van der Waals surface area contributed by atoms with Crippen LogP contribution in [0.1, 0.15) is 22.4 Å². The Morgan fingerprint density at radius 2 is 2.08 bits per heavy atom. The highest BCUT2D eigenvalue weighted by atomic mass is 35.5. The van der Waals surface area contributed by atoms with Crippen LogP contribution in [0.5, 0.6) is 0 Å². The van der Waals surface area contributed by atoms with Gasteiger partial charge in [0.1, 0.15) is 0 Å². The lowest BCUT2D eigenvalue weighted by Gasteiger charge is -2.24. The molecule has 3 aromatic rings. The molecule has 3 nitrogen and oxygen atoms in total. The molecule has 0 fully saturated rings. The zero-order valence-electron chi connectivity index (χ0n) is 14.2. The fourth-order valence-corrected chi connectivity index (χ4v) is 3.98. The quantitative estimate of drug-likeness (QED) is 0.712. The van der Waals surface area contributed by atoms with Crippen molar-refractivity contribution < 1.29 is 0 Å². The van der Waals surface area contributed by atoms with Gasteiger partial charge in [0, 0.05) is 55.0 Å². The van der Waals surface area contributed by atoms with Gasteiger partial charge in [-0.25, -0.2) is 0 Å². The fourth-order valence-electron chi connectivity index (χ4n) is 3.79. The molecule has 0 spiro atoms. The average Bonchev–Trinajstić information content (AvgIpc) is 2.85. The number of aryl methyl sites for hydroxylation is 3. The zero-order valence-corrected chi connectivity index (χ0v) is 15.0. The Morgan fingerprint density at radius 3 is 2.92 bits per heavy atom. The van der Waals surface area contributed by atoms with Crippen LogP contribution in [0.3, 0.4) is 0 Å². The molecular weight excluding hydrogens is 318 g/mol. The van der Waals surface area contributed by atoms with E-state index in [-0.39, 0.29) is 0 Å². The van der Waals surface area contributed by atoms with E-state index in [4.69, 9.17) is 11.6 Å². The van der Waals surface area contributed by atoms with E-state index in [9.17, 15) is 0 Å². The fraction of sp³-hybridized carbons (Fsp3) is 0.350. The van der Waals surface area contributed by atoms with Gasteiger partial charge < -0.3 is 9.47 Å². The number of fused-ring (bicyclic) bond motifs is 3. The van der Waals surface area contributed by atoms with Gasteiger partial charge in [0.2, 0.25) is 0 Å². The van der Waals surface area contributed by atoms with Gasteiger partial charge in [-0.05, 0) is 49.7 Å². The molecule has 4 rings (SSSR count). The third-order valence-corrected chi connectivity index (χ3v) is 5.19. The van der Waals surface area contributed by atoms with Crippen LogP contribution < -0.4 is 0 Å². The average molecular weight is 340 g/mol. The number of likely N-dealkylation sites (N-methyl/N-ethyl adjacent to an activating group) is 1. The van der Waals surface area contributed by atoms with Crippen molar-refractivity contribution in [1.29, 1.82) is 0 Å². The highest BCUT2D eigenvalue weighted by Gasteiger charge is 2.22. The van der Waals surface area contributed by atoms with Crippen LogP contribution in [0.2, 0.25) is 5.02 Å². The third kappa shape index (κ3) is 2.83. The van der Waals surface area contributed by atoms with E-state index >= 15 is 0 Å². The third-order valence-electron chi connectivity index (χ3n) is 4.99. The molecule has 0 N–H and O–H groups in total. The number of hydrogen-bond donors (Lipinski definition) is 0. The molecule has 0 bridgehead atoms. The lowest BCUT2D eigenvalue weighted by molar-refractivity contribution is 0.309. The highest BCUT2D eigenvalue weighted by molar-refractivity contribution is 6.30. The van der Waals surface area contributed by atoms with Gasteiger partial charge in [0.15, 0.2) is 0 Å². The summed E-state index contributed by atoms with van der Waals surface area (Å²) in [5.41, 5.74) is 6.89. The van der Waals surface area contributed by atoms with E-state index < -0.39 is 0 Å². The van der Waals surface area contributed by atoms with Crippen LogP contribution >= 0.6 is 11.6 Å². The molecule has 1 aromatic carbocycles. The van der Waals surface area contributed by atoms with Crippen LogP contribution in [-0.2, 0) is 25.9 Å². The first-order chi connectivity index (χ1) is 11.6. The van der Waals surface area contributed by atoms with Crippen molar-refractivity contribution in [2.24, 2.45) is 0 Å². The van der Waals surface area contributed by atoms with Crippen LogP contribution in [0.4, 0.5) is 0 Å². The molecular formula is C20H22ClN3. The Balaban J connectivity index is 1.74. The molecule has 0 saturated carbocycles. The van der Waals surface area contributed by atoms with Crippen molar-refractivity contribution in [3.8, 4) is 0 Å². The molecule has 124 valence electrons. The summed E-state index contributed by atoms with van der Waals surface area (Å²) >= 11 is 6.07. The molecule has 0 atom stereocenters. The molecule has 2 aromatic heterocycles. The van der Waals surface area contributed by atoms with E-state index in [1.807, 2.05) is 12.3 Å². The number of aromatic nitrogens is 2. The number of rotatable bonds is 3. The van der Waals surface area contributed by atoms with Crippen LogP contribution in [0.15, 0.2) is 36.7 Å². The molecule has 0 saturated heterocycles. The van der Waals surface area contributed by atoms with E-state index in [1.54, 1.807) is 6.20 Å². The first-order valence-electron chi connectivity index (χ1n) is 8.50. The minimum Gasteiger partial charge on any atom is -0.344 e. The van der Waals surface area contributed by atoms with E-state index in [0.29, 0.717) is 5.02 Å². The first kappa shape index (κ1) is 15.7. The van der Waals surface area contributed by atoms with Crippen LogP contribution in [0.25, 0.3) is 10.9 Å². The summed E-state index contributed by atoms with van der Waals surface area (Å²) in [7, 11) is 2.21. The second kappa shape index (κ2) is 6.23. The molecule has 4 heteroatoms. The van der Waals surface area contributed by atoms with Crippen LogP contribution in [0, 0.1) is 6.92 Å². The Hall–Kier alpha value is -1.84. The SMILES string of the molecule is Cc1ccc2c(c1)c1c(n2CCc2cncc(Cl)c2)CCN(C)C1. The second-order valence-electron chi connectivity index (χ2n) is 6.85. The van der Waals surface area contributed by atoms with E-state index in [0.717, 1.165) is 32.5 Å². The van der Waals surface area contributed by atoms with Gasteiger partial charge in [-0.15, -0.1) is 0 Å². The Kier molecular flexibility index (Phi) is 4.07. The topological polar surface area (TPSA) is 21.1 Å². The summed E-state index contributed by atoms with van der Waals surface area (Å²) in [6, 6.07) is 8.85. The summed E-state index contributed by atoms with van der Waals surface area (Å²) in [5.74, 6) is 0. The van der Waals surface area contributed by atoms with E-state index in [2.05, 4.69) is 46.6 Å². The van der Waals surface area contributed by atoms with E-state index in [1.165, 1.54) is 33.3 Å². The van der Waals surface area contributed by atoms with Gasteiger partial charge in [-0.3, -0.25) is 4.98 Å².